The van der Waals surface area contributed by atoms with Crippen LogP contribution in [0.4, 0.5) is 5.69 Å². The molecular formula is C19H12N2O5S. The van der Waals surface area contributed by atoms with Gasteiger partial charge in [0.15, 0.2) is 4.91 Å². The predicted octanol–water partition coefficient (Wildman–Crippen LogP) is 4.19. The van der Waals surface area contributed by atoms with Crippen molar-refractivity contribution >= 4 is 21.6 Å². The Hall–Kier alpha value is -3.70. The number of rotatable bonds is 5. The average Bonchev–Trinajstić information content (AvgIpc) is 3.15. The summed E-state index contributed by atoms with van der Waals surface area (Å²) in [6.07, 6.45) is 1.15. The van der Waals surface area contributed by atoms with Gasteiger partial charge in [-0.3, -0.25) is 10.1 Å². The Morgan fingerprint density at radius 1 is 1.04 bits per heavy atom. The standard InChI is InChI=1S/C19H12N2O5S/c20-13-18(27(24,25)17-4-2-1-3-5-17)12-16-10-11-19(26-16)14-6-8-15(9-7-14)21(22)23/h1-12H. The van der Waals surface area contributed by atoms with Gasteiger partial charge in [0.2, 0.25) is 9.84 Å². The minimum absolute atomic E-state index is 0.0138. The van der Waals surface area contributed by atoms with Gasteiger partial charge in [0.25, 0.3) is 5.69 Å². The molecular weight excluding hydrogens is 368 g/mol. The van der Waals surface area contributed by atoms with Crippen molar-refractivity contribution in [1.82, 2.24) is 0 Å². The lowest BCUT2D eigenvalue weighted by molar-refractivity contribution is -0.384. The van der Waals surface area contributed by atoms with E-state index < -0.39 is 19.7 Å². The summed E-state index contributed by atoms with van der Waals surface area (Å²) in [7, 11) is -3.95. The molecule has 0 saturated carbocycles. The largest absolute Gasteiger partial charge is 0.457 e. The summed E-state index contributed by atoms with van der Waals surface area (Å²) in [6, 6.07) is 18.2. The number of allylic oxidation sites excluding steroid dienone is 1. The number of nitrogens with zero attached hydrogens (tertiary/aromatic N) is 2. The van der Waals surface area contributed by atoms with E-state index in [4.69, 9.17) is 4.42 Å². The van der Waals surface area contributed by atoms with E-state index in [9.17, 15) is 23.8 Å². The monoisotopic (exact) mass is 380 g/mol. The molecule has 27 heavy (non-hydrogen) atoms. The SMILES string of the molecule is N#CC(=Cc1ccc(-c2ccc([N+](=O)[O-])cc2)o1)S(=O)(=O)c1ccccc1. The minimum atomic E-state index is -3.95. The van der Waals surface area contributed by atoms with E-state index in [1.165, 1.54) is 42.5 Å². The molecule has 134 valence electrons. The first-order valence-electron chi connectivity index (χ1n) is 7.68. The fourth-order valence-corrected chi connectivity index (χ4v) is 3.52. The van der Waals surface area contributed by atoms with Crippen molar-refractivity contribution in [2.45, 2.75) is 4.90 Å². The van der Waals surface area contributed by atoms with Crippen molar-refractivity contribution in [2.24, 2.45) is 0 Å². The fraction of sp³-hybridized carbons (Fsp3) is 0. The minimum Gasteiger partial charge on any atom is -0.457 e. The lowest BCUT2D eigenvalue weighted by Gasteiger charge is -2.01. The van der Waals surface area contributed by atoms with Crippen LogP contribution in [0.2, 0.25) is 0 Å². The molecule has 0 atom stereocenters. The first-order chi connectivity index (χ1) is 12.9. The zero-order valence-electron chi connectivity index (χ0n) is 13.8. The molecule has 7 nitrogen and oxygen atoms in total. The van der Waals surface area contributed by atoms with Gasteiger partial charge < -0.3 is 4.42 Å². The summed E-state index contributed by atoms with van der Waals surface area (Å²) in [5, 5.41) is 20.0. The van der Waals surface area contributed by atoms with E-state index in [0.717, 1.165) is 6.08 Å². The summed E-state index contributed by atoms with van der Waals surface area (Å²) in [5.74, 6) is 0.574. The summed E-state index contributed by atoms with van der Waals surface area (Å²) >= 11 is 0. The summed E-state index contributed by atoms with van der Waals surface area (Å²) in [6.45, 7) is 0. The lowest BCUT2D eigenvalue weighted by Crippen LogP contribution is -2.03. The third kappa shape index (κ3) is 3.78. The lowest BCUT2D eigenvalue weighted by atomic mass is 10.1. The van der Waals surface area contributed by atoms with Crippen LogP contribution in [0.3, 0.4) is 0 Å². The zero-order chi connectivity index (χ0) is 19.4. The van der Waals surface area contributed by atoms with Gasteiger partial charge in [0.05, 0.1) is 9.82 Å². The van der Waals surface area contributed by atoms with Crippen LogP contribution in [0.1, 0.15) is 5.76 Å². The molecule has 0 unspecified atom stereocenters. The molecule has 0 saturated heterocycles. The van der Waals surface area contributed by atoms with Crippen LogP contribution in [0, 0.1) is 21.4 Å². The molecule has 0 radical (unpaired) electrons. The molecule has 3 rings (SSSR count). The highest BCUT2D eigenvalue weighted by Crippen LogP contribution is 2.27. The third-order valence-electron chi connectivity index (χ3n) is 3.72. The first kappa shape index (κ1) is 18.1. The summed E-state index contributed by atoms with van der Waals surface area (Å²) in [4.78, 5) is 9.77. The molecule has 0 fully saturated rings. The van der Waals surface area contributed by atoms with Crippen LogP contribution in [0.25, 0.3) is 17.4 Å². The fourth-order valence-electron chi connectivity index (χ4n) is 2.36. The van der Waals surface area contributed by atoms with Gasteiger partial charge in [-0.15, -0.1) is 0 Å². The van der Waals surface area contributed by atoms with Crippen molar-refractivity contribution in [3.05, 3.63) is 87.5 Å². The number of non-ortho nitro benzene ring substituents is 1. The Labute approximate surface area is 154 Å². The Balaban J connectivity index is 1.93. The van der Waals surface area contributed by atoms with Crippen LogP contribution >= 0.6 is 0 Å². The van der Waals surface area contributed by atoms with E-state index >= 15 is 0 Å². The second-order valence-electron chi connectivity index (χ2n) is 5.44. The van der Waals surface area contributed by atoms with Gasteiger partial charge >= 0.3 is 0 Å². The highest BCUT2D eigenvalue weighted by Gasteiger charge is 2.21. The number of benzene rings is 2. The van der Waals surface area contributed by atoms with Crippen LogP contribution in [0.5, 0.6) is 0 Å². The molecule has 1 aromatic heterocycles. The molecule has 0 amide bonds. The predicted molar refractivity (Wildman–Crippen MR) is 98.0 cm³/mol. The number of nitro groups is 1. The van der Waals surface area contributed by atoms with E-state index in [0.29, 0.717) is 11.3 Å². The van der Waals surface area contributed by atoms with Crippen molar-refractivity contribution in [3.63, 3.8) is 0 Å². The van der Waals surface area contributed by atoms with Crippen molar-refractivity contribution in [1.29, 1.82) is 5.26 Å². The zero-order valence-corrected chi connectivity index (χ0v) is 14.6. The van der Waals surface area contributed by atoms with Crippen LogP contribution in [0.15, 0.2) is 80.9 Å². The van der Waals surface area contributed by atoms with Gasteiger partial charge in [0, 0.05) is 23.8 Å². The van der Waals surface area contributed by atoms with Crippen molar-refractivity contribution < 1.29 is 17.8 Å². The van der Waals surface area contributed by atoms with E-state index in [-0.39, 0.29) is 16.3 Å². The summed E-state index contributed by atoms with van der Waals surface area (Å²) < 4.78 is 30.7. The highest BCUT2D eigenvalue weighted by molar-refractivity contribution is 7.95. The van der Waals surface area contributed by atoms with Crippen LogP contribution < -0.4 is 0 Å². The maximum Gasteiger partial charge on any atom is 0.269 e. The van der Waals surface area contributed by atoms with E-state index in [2.05, 4.69) is 0 Å². The topological polar surface area (TPSA) is 114 Å². The second kappa shape index (κ2) is 7.27. The Morgan fingerprint density at radius 3 is 2.30 bits per heavy atom. The number of furan rings is 1. The van der Waals surface area contributed by atoms with E-state index in [1.54, 1.807) is 30.3 Å². The normalized spacial score (nSPS) is 11.7. The molecule has 0 spiro atoms. The molecule has 8 heteroatoms. The number of nitriles is 1. The number of hydrogen-bond acceptors (Lipinski definition) is 6. The van der Waals surface area contributed by atoms with Crippen LogP contribution in [-0.2, 0) is 9.84 Å². The molecule has 2 aromatic carbocycles. The van der Waals surface area contributed by atoms with Gasteiger partial charge in [-0.25, -0.2) is 8.42 Å². The molecule has 0 aliphatic heterocycles. The quantitative estimate of drug-likeness (QED) is 0.372. The second-order valence-corrected chi connectivity index (χ2v) is 7.36. The van der Waals surface area contributed by atoms with Gasteiger partial charge in [-0.05, 0) is 36.4 Å². The number of sulfone groups is 1. The van der Waals surface area contributed by atoms with Crippen molar-refractivity contribution in [3.8, 4) is 17.4 Å². The number of nitro benzene ring substituents is 1. The van der Waals surface area contributed by atoms with Gasteiger partial charge in [-0.1, -0.05) is 18.2 Å². The van der Waals surface area contributed by atoms with Crippen molar-refractivity contribution in [2.75, 3.05) is 0 Å². The molecule has 0 N–H and O–H groups in total. The molecule has 1 heterocycles. The molecule has 3 aromatic rings. The summed E-state index contributed by atoms with van der Waals surface area (Å²) in [5.41, 5.74) is 0.538. The number of hydrogen-bond donors (Lipinski definition) is 0. The van der Waals surface area contributed by atoms with Crippen LogP contribution in [-0.4, -0.2) is 13.3 Å². The first-order valence-corrected chi connectivity index (χ1v) is 9.17. The molecule has 0 aliphatic rings. The van der Waals surface area contributed by atoms with Gasteiger partial charge in [0.1, 0.15) is 17.6 Å². The maximum absolute atomic E-state index is 12.5. The Morgan fingerprint density at radius 2 is 1.70 bits per heavy atom. The third-order valence-corrected chi connectivity index (χ3v) is 5.40. The molecule has 0 bridgehead atoms. The van der Waals surface area contributed by atoms with E-state index in [1.807, 2.05) is 0 Å². The highest BCUT2D eigenvalue weighted by atomic mass is 32.2. The smallest absolute Gasteiger partial charge is 0.269 e. The Bertz CT molecular complexity index is 1150. The molecule has 0 aliphatic carbocycles. The van der Waals surface area contributed by atoms with Gasteiger partial charge in [-0.2, -0.15) is 5.26 Å². The Kier molecular flexibility index (Phi) is 4.88. The average molecular weight is 380 g/mol. The maximum atomic E-state index is 12.5.